The Bertz CT molecular complexity index is 294. The van der Waals surface area contributed by atoms with Crippen molar-refractivity contribution in [3.63, 3.8) is 0 Å². The van der Waals surface area contributed by atoms with Gasteiger partial charge in [-0.2, -0.15) is 0 Å². The van der Waals surface area contributed by atoms with Gasteiger partial charge >= 0.3 is 0 Å². The van der Waals surface area contributed by atoms with Crippen LogP contribution in [0.1, 0.15) is 20.8 Å². The Labute approximate surface area is 85.8 Å². The minimum atomic E-state index is 0.269. The highest BCUT2D eigenvalue weighted by molar-refractivity contribution is 5.26. The molecule has 0 radical (unpaired) electrons. The first-order valence-electron chi connectivity index (χ1n) is 4.89. The lowest BCUT2D eigenvalue weighted by atomic mass is 9.97. The summed E-state index contributed by atoms with van der Waals surface area (Å²) in [5, 5.41) is 3.32. The first kappa shape index (κ1) is 10.8. The van der Waals surface area contributed by atoms with Gasteiger partial charge in [0, 0.05) is 25.5 Å². The number of aromatic nitrogens is 2. The molecule has 0 aromatic carbocycles. The second-order valence-electron chi connectivity index (χ2n) is 4.61. The molecule has 3 heteroatoms. The molecule has 0 saturated heterocycles. The Kier molecular flexibility index (Phi) is 3.33. The molecule has 0 aliphatic heterocycles. The molecule has 1 heterocycles. The number of rotatable bonds is 4. The van der Waals surface area contributed by atoms with Gasteiger partial charge in [-0.1, -0.05) is 26.8 Å². The van der Waals surface area contributed by atoms with Gasteiger partial charge in [0.25, 0.3) is 0 Å². The quantitative estimate of drug-likeness (QED) is 0.745. The largest absolute Gasteiger partial charge is 0.355 e. The van der Waals surface area contributed by atoms with Gasteiger partial charge in [-0.05, 0) is 5.41 Å². The second-order valence-corrected chi connectivity index (χ2v) is 4.61. The summed E-state index contributed by atoms with van der Waals surface area (Å²) in [6.45, 7) is 12.0. The van der Waals surface area contributed by atoms with Crippen LogP contribution in [0.4, 0.5) is 5.95 Å². The van der Waals surface area contributed by atoms with Crippen molar-refractivity contribution in [1.82, 2.24) is 9.55 Å². The van der Waals surface area contributed by atoms with Crippen molar-refractivity contribution in [1.29, 1.82) is 0 Å². The number of hydrogen-bond donors (Lipinski definition) is 1. The molecule has 1 N–H and O–H groups in total. The van der Waals surface area contributed by atoms with Crippen LogP contribution in [0.3, 0.4) is 0 Å². The van der Waals surface area contributed by atoms with Crippen molar-refractivity contribution in [3.05, 3.63) is 25.0 Å². The van der Waals surface area contributed by atoms with E-state index in [0.717, 1.165) is 19.0 Å². The summed E-state index contributed by atoms with van der Waals surface area (Å²) in [5.41, 5.74) is 0.269. The third-order valence-corrected chi connectivity index (χ3v) is 1.82. The van der Waals surface area contributed by atoms with Gasteiger partial charge in [-0.15, -0.1) is 6.58 Å². The summed E-state index contributed by atoms with van der Waals surface area (Å²) in [4.78, 5) is 4.24. The molecule has 1 rings (SSSR count). The van der Waals surface area contributed by atoms with Gasteiger partial charge in [0.05, 0.1) is 0 Å². The summed E-state index contributed by atoms with van der Waals surface area (Å²) >= 11 is 0. The highest BCUT2D eigenvalue weighted by atomic mass is 15.2. The molecule has 0 spiro atoms. The van der Waals surface area contributed by atoms with Crippen LogP contribution in [0.25, 0.3) is 0 Å². The zero-order valence-electron chi connectivity index (χ0n) is 9.25. The fourth-order valence-corrected chi connectivity index (χ4v) is 1.11. The molecule has 0 aliphatic carbocycles. The van der Waals surface area contributed by atoms with Crippen molar-refractivity contribution < 1.29 is 0 Å². The second kappa shape index (κ2) is 4.31. The summed E-state index contributed by atoms with van der Waals surface area (Å²) < 4.78 is 2.04. The van der Waals surface area contributed by atoms with E-state index in [1.165, 1.54) is 0 Å². The monoisotopic (exact) mass is 193 g/mol. The molecule has 1 aromatic rings. The standard InChI is InChI=1S/C11H19N3/c1-5-7-14-8-6-12-10(14)13-9-11(2,3)4/h5-6,8H,1,7,9H2,2-4H3,(H,12,13). The van der Waals surface area contributed by atoms with Gasteiger partial charge in [-0.3, -0.25) is 0 Å². The van der Waals surface area contributed by atoms with E-state index >= 15 is 0 Å². The molecular formula is C11H19N3. The Balaban J connectivity index is 2.58. The third-order valence-electron chi connectivity index (χ3n) is 1.82. The maximum atomic E-state index is 4.24. The van der Waals surface area contributed by atoms with Crippen LogP contribution in [0, 0.1) is 5.41 Å². The van der Waals surface area contributed by atoms with Crippen molar-refractivity contribution in [2.45, 2.75) is 27.3 Å². The Morgan fingerprint density at radius 3 is 2.86 bits per heavy atom. The minimum absolute atomic E-state index is 0.269. The van der Waals surface area contributed by atoms with Crippen LogP contribution in [0.2, 0.25) is 0 Å². The zero-order valence-corrected chi connectivity index (χ0v) is 9.25. The molecular weight excluding hydrogens is 174 g/mol. The van der Waals surface area contributed by atoms with Gasteiger partial charge in [0.15, 0.2) is 0 Å². The van der Waals surface area contributed by atoms with E-state index in [9.17, 15) is 0 Å². The number of imidazole rings is 1. The molecule has 0 bridgehead atoms. The van der Waals surface area contributed by atoms with E-state index in [4.69, 9.17) is 0 Å². The topological polar surface area (TPSA) is 29.9 Å². The lowest BCUT2D eigenvalue weighted by molar-refractivity contribution is 0.441. The molecule has 14 heavy (non-hydrogen) atoms. The molecule has 0 atom stereocenters. The van der Waals surface area contributed by atoms with Crippen molar-refractivity contribution in [3.8, 4) is 0 Å². The smallest absolute Gasteiger partial charge is 0.203 e. The fraction of sp³-hybridized carbons (Fsp3) is 0.545. The van der Waals surface area contributed by atoms with Gasteiger partial charge in [0.1, 0.15) is 0 Å². The molecule has 0 aliphatic rings. The SMILES string of the molecule is C=CCn1ccnc1NCC(C)(C)C. The van der Waals surface area contributed by atoms with E-state index in [2.05, 4.69) is 37.7 Å². The number of allylic oxidation sites excluding steroid dienone is 1. The Hall–Kier alpha value is -1.25. The van der Waals surface area contributed by atoms with Gasteiger partial charge < -0.3 is 9.88 Å². The zero-order chi connectivity index (χ0) is 10.6. The normalized spacial score (nSPS) is 11.4. The molecule has 3 nitrogen and oxygen atoms in total. The average Bonchev–Trinajstić information content (AvgIpc) is 2.48. The first-order valence-corrected chi connectivity index (χ1v) is 4.89. The van der Waals surface area contributed by atoms with Gasteiger partial charge in [-0.25, -0.2) is 4.98 Å². The molecule has 78 valence electrons. The van der Waals surface area contributed by atoms with E-state index in [-0.39, 0.29) is 5.41 Å². The van der Waals surface area contributed by atoms with Crippen LogP contribution >= 0.6 is 0 Å². The number of nitrogens with zero attached hydrogens (tertiary/aromatic N) is 2. The van der Waals surface area contributed by atoms with E-state index < -0.39 is 0 Å². The van der Waals surface area contributed by atoms with E-state index in [1.807, 2.05) is 16.8 Å². The predicted molar refractivity (Wildman–Crippen MR) is 60.4 cm³/mol. The Morgan fingerprint density at radius 1 is 1.57 bits per heavy atom. The lowest BCUT2D eigenvalue weighted by Gasteiger charge is -2.19. The lowest BCUT2D eigenvalue weighted by Crippen LogP contribution is -2.20. The maximum absolute atomic E-state index is 4.24. The van der Waals surface area contributed by atoms with Crippen LogP contribution in [-0.4, -0.2) is 16.1 Å². The van der Waals surface area contributed by atoms with E-state index in [0.29, 0.717) is 0 Å². The maximum Gasteiger partial charge on any atom is 0.203 e. The first-order chi connectivity index (χ1) is 6.53. The van der Waals surface area contributed by atoms with Crippen molar-refractivity contribution in [2.24, 2.45) is 5.41 Å². The summed E-state index contributed by atoms with van der Waals surface area (Å²) in [6.07, 6.45) is 5.62. The molecule has 0 amide bonds. The van der Waals surface area contributed by atoms with Crippen LogP contribution < -0.4 is 5.32 Å². The third kappa shape index (κ3) is 3.24. The van der Waals surface area contributed by atoms with Crippen LogP contribution in [0.5, 0.6) is 0 Å². The molecule has 1 aromatic heterocycles. The molecule has 0 fully saturated rings. The minimum Gasteiger partial charge on any atom is -0.355 e. The van der Waals surface area contributed by atoms with Gasteiger partial charge in [0.2, 0.25) is 5.95 Å². The van der Waals surface area contributed by atoms with E-state index in [1.54, 1.807) is 6.20 Å². The average molecular weight is 193 g/mol. The molecule has 0 unspecified atom stereocenters. The number of hydrogen-bond acceptors (Lipinski definition) is 2. The number of nitrogens with one attached hydrogen (secondary N) is 1. The highest BCUT2D eigenvalue weighted by Crippen LogP contribution is 2.14. The highest BCUT2D eigenvalue weighted by Gasteiger charge is 2.10. The number of anilines is 1. The summed E-state index contributed by atoms with van der Waals surface area (Å²) in [6, 6.07) is 0. The predicted octanol–water partition coefficient (Wildman–Crippen LogP) is 2.53. The summed E-state index contributed by atoms with van der Waals surface area (Å²) in [5.74, 6) is 0.917. The van der Waals surface area contributed by atoms with Crippen molar-refractivity contribution >= 4 is 5.95 Å². The molecule has 0 saturated carbocycles. The summed E-state index contributed by atoms with van der Waals surface area (Å²) in [7, 11) is 0. The van der Waals surface area contributed by atoms with Crippen LogP contribution in [-0.2, 0) is 6.54 Å². The van der Waals surface area contributed by atoms with Crippen LogP contribution in [0.15, 0.2) is 25.0 Å². The Morgan fingerprint density at radius 2 is 2.29 bits per heavy atom. The fourth-order valence-electron chi connectivity index (χ4n) is 1.11. The van der Waals surface area contributed by atoms with Crippen molar-refractivity contribution in [2.75, 3.05) is 11.9 Å².